The fraction of sp³-hybridized carbons (Fsp3) is 0.100. The number of aldehydes is 1. The second-order valence-electron chi connectivity index (χ2n) is 5.18. The highest BCUT2D eigenvalue weighted by atomic mass is 16.1. The molecular weight excluding hydrogens is 270 g/mol. The topological polar surface area (TPSA) is 20.9 Å². The predicted octanol–water partition coefficient (Wildman–Crippen LogP) is 4.13. The number of carbonyl (C=O) groups excluding carboxylic acids is 1. The Hall–Kier alpha value is -2.74. The van der Waals surface area contributed by atoms with Crippen molar-refractivity contribution in [1.29, 1.82) is 0 Å². The Labute approximate surface area is 130 Å². The zero-order chi connectivity index (χ0) is 15.4. The molecule has 0 saturated carbocycles. The molecule has 0 aliphatic rings. The highest BCUT2D eigenvalue weighted by molar-refractivity contribution is 5.78. The standard InChI is InChI=1S/C20H18NO/c1-2-21-19(14-12-18-5-3-4-6-20(18)21)13-11-16-7-9-17(15-22)10-8-16/h3-15H,2H2,1H3/q+1/b13-11+. The van der Waals surface area contributed by atoms with Gasteiger partial charge in [0.15, 0.2) is 0 Å². The Kier molecular flexibility index (Phi) is 4.10. The molecule has 0 spiro atoms. The summed E-state index contributed by atoms with van der Waals surface area (Å²) in [7, 11) is 0. The maximum atomic E-state index is 10.7. The number of pyridine rings is 1. The maximum Gasteiger partial charge on any atom is 0.212 e. The largest absolute Gasteiger partial charge is 0.298 e. The number of rotatable bonds is 4. The van der Waals surface area contributed by atoms with Crippen molar-refractivity contribution in [2.45, 2.75) is 13.5 Å². The smallest absolute Gasteiger partial charge is 0.212 e. The molecule has 0 radical (unpaired) electrons. The first-order chi connectivity index (χ1) is 10.8. The van der Waals surface area contributed by atoms with Gasteiger partial charge in [0.05, 0.1) is 0 Å². The first-order valence-corrected chi connectivity index (χ1v) is 7.47. The average molecular weight is 288 g/mol. The third-order valence-electron chi connectivity index (χ3n) is 3.81. The van der Waals surface area contributed by atoms with E-state index in [4.69, 9.17) is 0 Å². The van der Waals surface area contributed by atoms with Gasteiger partial charge in [-0.2, -0.15) is 4.57 Å². The van der Waals surface area contributed by atoms with E-state index in [1.54, 1.807) is 0 Å². The van der Waals surface area contributed by atoms with E-state index in [-0.39, 0.29) is 0 Å². The Morgan fingerprint density at radius 2 is 1.59 bits per heavy atom. The SMILES string of the molecule is CC[n+]1c(/C=C/c2ccc(C=O)cc2)ccc2ccccc21. The lowest BCUT2D eigenvalue weighted by molar-refractivity contribution is -0.669. The van der Waals surface area contributed by atoms with Gasteiger partial charge < -0.3 is 0 Å². The van der Waals surface area contributed by atoms with Gasteiger partial charge in [-0.25, -0.2) is 0 Å². The molecule has 0 aliphatic heterocycles. The van der Waals surface area contributed by atoms with Crippen LogP contribution in [-0.2, 0) is 6.54 Å². The monoisotopic (exact) mass is 288 g/mol. The van der Waals surface area contributed by atoms with E-state index in [9.17, 15) is 4.79 Å². The molecule has 108 valence electrons. The molecule has 1 aromatic heterocycles. The summed E-state index contributed by atoms with van der Waals surface area (Å²) in [5, 5.41) is 1.25. The Morgan fingerprint density at radius 3 is 2.32 bits per heavy atom. The van der Waals surface area contributed by atoms with E-state index in [1.165, 1.54) is 16.6 Å². The second kappa shape index (κ2) is 6.35. The van der Waals surface area contributed by atoms with Gasteiger partial charge in [-0.1, -0.05) is 36.4 Å². The van der Waals surface area contributed by atoms with Crippen molar-refractivity contribution in [2.24, 2.45) is 0 Å². The lowest BCUT2D eigenvalue weighted by Crippen LogP contribution is -2.36. The van der Waals surface area contributed by atoms with Crippen LogP contribution in [0.1, 0.15) is 28.5 Å². The summed E-state index contributed by atoms with van der Waals surface area (Å²) >= 11 is 0. The highest BCUT2D eigenvalue weighted by Gasteiger charge is 2.10. The van der Waals surface area contributed by atoms with Crippen LogP contribution in [0.15, 0.2) is 60.7 Å². The summed E-state index contributed by atoms with van der Waals surface area (Å²) in [5.74, 6) is 0. The molecule has 2 nitrogen and oxygen atoms in total. The van der Waals surface area contributed by atoms with E-state index in [0.29, 0.717) is 5.56 Å². The van der Waals surface area contributed by atoms with E-state index in [1.807, 2.05) is 24.3 Å². The third-order valence-corrected chi connectivity index (χ3v) is 3.81. The molecule has 3 rings (SSSR count). The first kappa shape index (κ1) is 14.2. The van der Waals surface area contributed by atoms with Crippen molar-refractivity contribution >= 4 is 29.3 Å². The predicted molar refractivity (Wildman–Crippen MR) is 90.6 cm³/mol. The van der Waals surface area contributed by atoms with Crippen LogP contribution < -0.4 is 4.57 Å². The van der Waals surface area contributed by atoms with E-state index in [2.05, 4.69) is 60.0 Å². The van der Waals surface area contributed by atoms with Crippen molar-refractivity contribution in [3.8, 4) is 0 Å². The molecule has 0 amide bonds. The fourth-order valence-electron chi connectivity index (χ4n) is 2.64. The number of para-hydroxylation sites is 1. The highest BCUT2D eigenvalue weighted by Crippen LogP contribution is 2.13. The maximum absolute atomic E-state index is 10.7. The number of hydrogen-bond donors (Lipinski definition) is 0. The van der Waals surface area contributed by atoms with Crippen molar-refractivity contribution < 1.29 is 9.36 Å². The van der Waals surface area contributed by atoms with Gasteiger partial charge in [-0.05, 0) is 30.7 Å². The van der Waals surface area contributed by atoms with Crippen LogP contribution in [0.2, 0.25) is 0 Å². The molecule has 0 unspecified atom stereocenters. The van der Waals surface area contributed by atoms with Gasteiger partial charge >= 0.3 is 0 Å². The molecule has 0 bridgehead atoms. The molecule has 3 aromatic rings. The minimum absolute atomic E-state index is 0.700. The number of aromatic nitrogens is 1. The quantitative estimate of drug-likeness (QED) is 0.522. The summed E-state index contributed by atoms with van der Waals surface area (Å²) in [4.78, 5) is 10.7. The fourth-order valence-corrected chi connectivity index (χ4v) is 2.64. The van der Waals surface area contributed by atoms with E-state index < -0.39 is 0 Å². The molecule has 2 heteroatoms. The molecule has 0 atom stereocenters. The van der Waals surface area contributed by atoms with Crippen molar-refractivity contribution in [1.82, 2.24) is 0 Å². The van der Waals surface area contributed by atoms with Gasteiger partial charge in [-0.15, -0.1) is 0 Å². The van der Waals surface area contributed by atoms with Crippen LogP contribution in [-0.4, -0.2) is 6.29 Å². The van der Waals surface area contributed by atoms with Crippen molar-refractivity contribution in [2.75, 3.05) is 0 Å². The van der Waals surface area contributed by atoms with Gasteiger partial charge in [0.2, 0.25) is 11.2 Å². The zero-order valence-corrected chi connectivity index (χ0v) is 12.6. The molecule has 0 aliphatic carbocycles. The molecule has 0 N–H and O–H groups in total. The summed E-state index contributed by atoms with van der Waals surface area (Å²) < 4.78 is 2.30. The van der Waals surface area contributed by atoms with Crippen LogP contribution in [0.3, 0.4) is 0 Å². The number of nitrogens with zero attached hydrogens (tertiary/aromatic N) is 1. The Bertz CT molecular complexity index is 832. The van der Waals surface area contributed by atoms with Crippen LogP contribution >= 0.6 is 0 Å². The number of hydrogen-bond acceptors (Lipinski definition) is 1. The molecule has 2 aromatic carbocycles. The number of fused-ring (bicyclic) bond motifs is 1. The minimum Gasteiger partial charge on any atom is -0.298 e. The third kappa shape index (κ3) is 2.82. The average Bonchev–Trinajstić information content (AvgIpc) is 2.59. The van der Waals surface area contributed by atoms with Crippen LogP contribution in [0.5, 0.6) is 0 Å². The Morgan fingerprint density at radius 1 is 0.864 bits per heavy atom. The second-order valence-corrected chi connectivity index (χ2v) is 5.18. The van der Waals surface area contributed by atoms with Gasteiger partial charge in [0.25, 0.3) is 0 Å². The Balaban J connectivity index is 1.98. The minimum atomic E-state index is 0.700. The zero-order valence-electron chi connectivity index (χ0n) is 12.6. The van der Waals surface area contributed by atoms with Crippen molar-refractivity contribution in [3.63, 3.8) is 0 Å². The summed E-state index contributed by atoms with van der Waals surface area (Å²) in [5.41, 5.74) is 4.19. The van der Waals surface area contributed by atoms with E-state index in [0.717, 1.165) is 18.4 Å². The van der Waals surface area contributed by atoms with Gasteiger partial charge in [-0.3, -0.25) is 4.79 Å². The van der Waals surface area contributed by atoms with Gasteiger partial charge in [0.1, 0.15) is 12.8 Å². The normalized spacial score (nSPS) is 11.1. The van der Waals surface area contributed by atoms with Gasteiger partial charge in [0, 0.05) is 29.2 Å². The molecular formula is C20H18NO+. The number of benzene rings is 2. The molecule has 0 saturated heterocycles. The summed E-state index contributed by atoms with van der Waals surface area (Å²) in [6.45, 7) is 3.08. The summed E-state index contributed by atoms with van der Waals surface area (Å²) in [6.07, 6.45) is 5.05. The van der Waals surface area contributed by atoms with Crippen LogP contribution in [0.4, 0.5) is 0 Å². The first-order valence-electron chi connectivity index (χ1n) is 7.47. The van der Waals surface area contributed by atoms with E-state index >= 15 is 0 Å². The van der Waals surface area contributed by atoms with Crippen LogP contribution in [0, 0.1) is 0 Å². The lowest BCUT2D eigenvalue weighted by Gasteiger charge is -2.02. The lowest BCUT2D eigenvalue weighted by atomic mass is 10.1. The molecule has 22 heavy (non-hydrogen) atoms. The molecule has 0 fully saturated rings. The van der Waals surface area contributed by atoms with Crippen molar-refractivity contribution in [3.05, 3.63) is 77.5 Å². The number of carbonyl (C=O) groups is 1. The molecule has 1 heterocycles. The van der Waals surface area contributed by atoms with Crippen LogP contribution in [0.25, 0.3) is 23.1 Å². The summed E-state index contributed by atoms with van der Waals surface area (Å²) in [6, 6.07) is 20.3. The number of aryl methyl sites for hydroxylation is 1.